The highest BCUT2D eigenvalue weighted by Crippen LogP contribution is 2.36. The van der Waals surface area contributed by atoms with E-state index in [1.165, 1.54) is 57.1 Å². The topological polar surface area (TPSA) is 12.0 Å². The highest BCUT2D eigenvalue weighted by Gasteiger charge is 2.27. The molecule has 118 valence electrons. The standard InChI is InChI=1S/C20H33N/c1-20(2,3)18-12-7-13-19(15-14-18)21-16-8-11-17-9-5-4-6-10-17/h4-6,9-10,18-19,21H,7-8,11-16H2,1-3H3. The number of hydrogen-bond acceptors (Lipinski definition) is 1. The molecule has 0 heterocycles. The van der Waals surface area contributed by atoms with Gasteiger partial charge in [-0.2, -0.15) is 0 Å². The van der Waals surface area contributed by atoms with Gasteiger partial charge in [-0.25, -0.2) is 0 Å². The molecule has 1 N–H and O–H groups in total. The van der Waals surface area contributed by atoms with Crippen molar-refractivity contribution in [2.24, 2.45) is 11.3 Å². The number of nitrogens with one attached hydrogen (secondary N) is 1. The van der Waals surface area contributed by atoms with E-state index in [4.69, 9.17) is 0 Å². The lowest BCUT2D eigenvalue weighted by molar-refractivity contribution is 0.213. The second-order valence-electron chi connectivity index (χ2n) is 7.81. The summed E-state index contributed by atoms with van der Waals surface area (Å²) in [6.07, 6.45) is 9.42. The van der Waals surface area contributed by atoms with E-state index in [9.17, 15) is 0 Å². The lowest BCUT2D eigenvalue weighted by Gasteiger charge is -2.29. The van der Waals surface area contributed by atoms with Gasteiger partial charge in [0.25, 0.3) is 0 Å². The lowest BCUT2D eigenvalue weighted by Crippen LogP contribution is -2.30. The van der Waals surface area contributed by atoms with Gasteiger partial charge >= 0.3 is 0 Å². The van der Waals surface area contributed by atoms with Gasteiger partial charge in [0.05, 0.1) is 0 Å². The van der Waals surface area contributed by atoms with E-state index < -0.39 is 0 Å². The van der Waals surface area contributed by atoms with Crippen LogP contribution >= 0.6 is 0 Å². The number of hydrogen-bond donors (Lipinski definition) is 1. The molecular formula is C20H33N. The Labute approximate surface area is 131 Å². The minimum atomic E-state index is 0.488. The fourth-order valence-electron chi connectivity index (χ4n) is 3.62. The predicted molar refractivity (Wildman–Crippen MR) is 92.6 cm³/mol. The molecule has 1 aromatic rings. The second kappa shape index (κ2) is 7.98. The Morgan fingerprint density at radius 3 is 2.48 bits per heavy atom. The summed E-state index contributed by atoms with van der Waals surface area (Å²) in [4.78, 5) is 0. The summed E-state index contributed by atoms with van der Waals surface area (Å²) < 4.78 is 0. The summed E-state index contributed by atoms with van der Waals surface area (Å²) in [5, 5.41) is 3.80. The molecule has 21 heavy (non-hydrogen) atoms. The minimum Gasteiger partial charge on any atom is -0.314 e. The number of aryl methyl sites for hydroxylation is 1. The fraction of sp³-hybridized carbons (Fsp3) is 0.700. The molecule has 0 saturated heterocycles. The van der Waals surface area contributed by atoms with Crippen molar-refractivity contribution in [3.05, 3.63) is 35.9 Å². The van der Waals surface area contributed by atoms with Gasteiger partial charge in [0.15, 0.2) is 0 Å². The Morgan fingerprint density at radius 2 is 1.76 bits per heavy atom. The first-order chi connectivity index (χ1) is 10.1. The van der Waals surface area contributed by atoms with E-state index in [0.717, 1.165) is 12.0 Å². The molecule has 0 bridgehead atoms. The third-order valence-electron chi connectivity index (χ3n) is 5.11. The summed E-state index contributed by atoms with van der Waals surface area (Å²) in [6, 6.07) is 11.6. The highest BCUT2D eigenvalue weighted by molar-refractivity contribution is 5.14. The summed E-state index contributed by atoms with van der Waals surface area (Å²) in [6.45, 7) is 8.39. The van der Waals surface area contributed by atoms with Crippen molar-refractivity contribution in [2.45, 2.75) is 71.8 Å². The zero-order valence-electron chi connectivity index (χ0n) is 14.2. The van der Waals surface area contributed by atoms with Crippen LogP contribution in [-0.4, -0.2) is 12.6 Å². The van der Waals surface area contributed by atoms with Crippen molar-refractivity contribution in [3.63, 3.8) is 0 Å². The van der Waals surface area contributed by atoms with Gasteiger partial charge in [-0.1, -0.05) is 57.5 Å². The van der Waals surface area contributed by atoms with Crippen LogP contribution in [-0.2, 0) is 6.42 Å². The molecule has 0 spiro atoms. The molecule has 2 unspecified atom stereocenters. The van der Waals surface area contributed by atoms with Crippen LogP contribution in [0, 0.1) is 11.3 Å². The van der Waals surface area contributed by atoms with E-state index >= 15 is 0 Å². The average molecular weight is 287 g/mol. The van der Waals surface area contributed by atoms with Crippen LogP contribution in [0.5, 0.6) is 0 Å². The third kappa shape index (κ3) is 5.82. The lowest BCUT2D eigenvalue weighted by atomic mass is 9.76. The molecule has 1 aliphatic carbocycles. The molecule has 2 rings (SSSR count). The molecule has 2 atom stereocenters. The minimum absolute atomic E-state index is 0.488. The van der Waals surface area contributed by atoms with Crippen molar-refractivity contribution in [1.29, 1.82) is 0 Å². The molecule has 0 aromatic heterocycles. The second-order valence-corrected chi connectivity index (χ2v) is 7.81. The molecule has 0 aliphatic heterocycles. The van der Waals surface area contributed by atoms with Crippen LogP contribution < -0.4 is 5.32 Å². The first-order valence-corrected chi connectivity index (χ1v) is 8.83. The first kappa shape index (κ1) is 16.5. The Balaban J connectivity index is 1.65. The molecule has 1 fully saturated rings. The maximum absolute atomic E-state index is 3.80. The van der Waals surface area contributed by atoms with E-state index in [0.29, 0.717) is 5.41 Å². The zero-order chi connectivity index (χ0) is 15.1. The fourth-order valence-corrected chi connectivity index (χ4v) is 3.62. The average Bonchev–Trinajstić information content (AvgIpc) is 2.70. The summed E-state index contributed by atoms with van der Waals surface area (Å²) in [5.41, 5.74) is 1.95. The molecule has 0 radical (unpaired) electrons. The van der Waals surface area contributed by atoms with Crippen LogP contribution in [0.15, 0.2) is 30.3 Å². The largest absolute Gasteiger partial charge is 0.314 e. The van der Waals surface area contributed by atoms with Crippen LogP contribution in [0.3, 0.4) is 0 Å². The Bertz CT molecular complexity index is 390. The SMILES string of the molecule is CC(C)(C)C1CCCC(NCCCc2ccccc2)CC1. The maximum atomic E-state index is 3.80. The van der Waals surface area contributed by atoms with Gasteiger partial charge in [0, 0.05) is 6.04 Å². The van der Waals surface area contributed by atoms with Crippen molar-refractivity contribution in [3.8, 4) is 0 Å². The Morgan fingerprint density at radius 1 is 1.00 bits per heavy atom. The summed E-state index contributed by atoms with van der Waals surface area (Å²) in [5.74, 6) is 0.911. The quantitative estimate of drug-likeness (QED) is 0.579. The smallest absolute Gasteiger partial charge is 0.00671 e. The van der Waals surface area contributed by atoms with E-state index in [1.54, 1.807) is 0 Å². The van der Waals surface area contributed by atoms with Gasteiger partial charge in [-0.05, 0) is 62.0 Å². The van der Waals surface area contributed by atoms with Crippen molar-refractivity contribution >= 4 is 0 Å². The highest BCUT2D eigenvalue weighted by atomic mass is 14.9. The van der Waals surface area contributed by atoms with Crippen molar-refractivity contribution in [2.75, 3.05) is 6.54 Å². The van der Waals surface area contributed by atoms with Gasteiger partial charge in [-0.15, -0.1) is 0 Å². The van der Waals surface area contributed by atoms with Crippen LogP contribution in [0.2, 0.25) is 0 Å². The van der Waals surface area contributed by atoms with Gasteiger partial charge in [-0.3, -0.25) is 0 Å². The molecular weight excluding hydrogens is 254 g/mol. The third-order valence-corrected chi connectivity index (χ3v) is 5.11. The predicted octanol–water partition coefficient (Wildman–Crippen LogP) is 5.20. The Hall–Kier alpha value is -0.820. The van der Waals surface area contributed by atoms with E-state index in [2.05, 4.69) is 56.4 Å². The monoisotopic (exact) mass is 287 g/mol. The molecule has 1 saturated carbocycles. The Kier molecular flexibility index (Phi) is 6.29. The number of benzene rings is 1. The van der Waals surface area contributed by atoms with E-state index in [-0.39, 0.29) is 0 Å². The first-order valence-electron chi connectivity index (χ1n) is 8.83. The van der Waals surface area contributed by atoms with Gasteiger partial charge < -0.3 is 5.32 Å². The summed E-state index contributed by atoms with van der Waals surface area (Å²) in [7, 11) is 0. The molecule has 0 amide bonds. The van der Waals surface area contributed by atoms with Crippen molar-refractivity contribution < 1.29 is 0 Å². The van der Waals surface area contributed by atoms with Crippen LogP contribution in [0.1, 0.15) is 64.9 Å². The summed E-state index contributed by atoms with van der Waals surface area (Å²) >= 11 is 0. The van der Waals surface area contributed by atoms with E-state index in [1.807, 2.05) is 0 Å². The maximum Gasteiger partial charge on any atom is 0.00671 e. The zero-order valence-corrected chi connectivity index (χ0v) is 14.2. The van der Waals surface area contributed by atoms with Crippen LogP contribution in [0.4, 0.5) is 0 Å². The van der Waals surface area contributed by atoms with Gasteiger partial charge in [0.2, 0.25) is 0 Å². The normalized spacial score (nSPS) is 23.8. The molecule has 1 heteroatoms. The number of rotatable bonds is 5. The molecule has 1 nitrogen and oxygen atoms in total. The van der Waals surface area contributed by atoms with Crippen molar-refractivity contribution in [1.82, 2.24) is 5.32 Å². The van der Waals surface area contributed by atoms with Crippen LogP contribution in [0.25, 0.3) is 0 Å². The molecule has 1 aliphatic rings. The molecule has 1 aromatic carbocycles. The van der Waals surface area contributed by atoms with Gasteiger partial charge in [0.1, 0.15) is 0 Å².